The normalized spacial score (nSPS) is 20.7. The van der Waals surface area contributed by atoms with Gasteiger partial charge in [0.15, 0.2) is 0 Å². The van der Waals surface area contributed by atoms with Gasteiger partial charge in [0.1, 0.15) is 0 Å². The molecule has 0 nitrogen and oxygen atoms in total. The van der Waals surface area contributed by atoms with Crippen LogP contribution in [0.4, 0.5) is 0 Å². The minimum atomic E-state index is 0.574. The van der Waals surface area contributed by atoms with E-state index in [1.807, 2.05) is 0 Å². The van der Waals surface area contributed by atoms with Gasteiger partial charge in [-0.15, -0.1) is 0 Å². The molecule has 1 aliphatic carbocycles. The van der Waals surface area contributed by atoms with Crippen LogP contribution in [0.2, 0.25) is 0 Å². The third kappa shape index (κ3) is 2.72. The van der Waals surface area contributed by atoms with Gasteiger partial charge in [0, 0.05) is 5.92 Å². The fourth-order valence-corrected chi connectivity index (χ4v) is 3.74. The number of hydrogen-bond donors (Lipinski definition) is 0. The van der Waals surface area contributed by atoms with Gasteiger partial charge in [-0.25, -0.2) is 0 Å². The van der Waals surface area contributed by atoms with Crippen molar-refractivity contribution < 1.29 is 0 Å². The fourth-order valence-electron chi connectivity index (χ4n) is 3.74. The molecule has 0 N–H and O–H groups in total. The first-order valence-corrected chi connectivity index (χ1v) is 8.71. The van der Waals surface area contributed by atoms with Gasteiger partial charge in [-0.1, -0.05) is 77.1 Å². The van der Waals surface area contributed by atoms with Gasteiger partial charge < -0.3 is 0 Å². The summed E-state index contributed by atoms with van der Waals surface area (Å²) in [6.07, 6.45) is 1.25. The Morgan fingerprint density at radius 2 is 1.36 bits per heavy atom. The Balaban J connectivity index is 1.99. The zero-order valence-corrected chi connectivity index (χ0v) is 14.6. The highest BCUT2D eigenvalue weighted by atomic mass is 14.3. The molecule has 116 valence electrons. The van der Waals surface area contributed by atoms with Crippen molar-refractivity contribution in [1.82, 2.24) is 0 Å². The molecular weight excluding hydrogens is 264 g/mol. The van der Waals surface area contributed by atoms with E-state index in [9.17, 15) is 0 Å². The molecule has 2 atom stereocenters. The van der Waals surface area contributed by atoms with E-state index < -0.39 is 0 Å². The smallest absolute Gasteiger partial charge is 0.00979 e. The topological polar surface area (TPSA) is 0 Å². The molecule has 0 fully saturated rings. The van der Waals surface area contributed by atoms with Gasteiger partial charge in [-0.2, -0.15) is 0 Å². The second kappa shape index (κ2) is 5.91. The minimum Gasteiger partial charge on any atom is -0.0587 e. The Bertz CT molecular complexity index is 646. The first-order valence-electron chi connectivity index (χ1n) is 8.71. The molecule has 22 heavy (non-hydrogen) atoms. The van der Waals surface area contributed by atoms with Crippen molar-refractivity contribution in [3.05, 3.63) is 70.3 Å². The standard InChI is InChI=1S/C22H28/c1-14(2)17-6-8-18(9-7-17)21-12-16(5)20-11-10-19(15(3)4)13-22(20)21/h6-11,13-16,21H,12H2,1-5H3. The highest BCUT2D eigenvalue weighted by Gasteiger charge is 2.29. The first kappa shape index (κ1) is 15.3. The minimum absolute atomic E-state index is 0.574. The summed E-state index contributed by atoms with van der Waals surface area (Å²) >= 11 is 0. The molecule has 0 spiro atoms. The van der Waals surface area contributed by atoms with Crippen LogP contribution in [0.5, 0.6) is 0 Å². The zero-order chi connectivity index (χ0) is 15.9. The lowest BCUT2D eigenvalue weighted by molar-refractivity contribution is 0.685. The molecule has 0 aliphatic heterocycles. The lowest BCUT2D eigenvalue weighted by Crippen LogP contribution is -1.99. The van der Waals surface area contributed by atoms with Gasteiger partial charge in [-0.3, -0.25) is 0 Å². The van der Waals surface area contributed by atoms with E-state index in [0.717, 1.165) is 0 Å². The van der Waals surface area contributed by atoms with E-state index in [0.29, 0.717) is 23.7 Å². The van der Waals surface area contributed by atoms with Crippen LogP contribution in [0, 0.1) is 0 Å². The molecule has 1 aliphatic rings. The van der Waals surface area contributed by atoms with E-state index in [2.05, 4.69) is 77.1 Å². The third-order valence-electron chi connectivity index (χ3n) is 5.28. The monoisotopic (exact) mass is 292 g/mol. The van der Waals surface area contributed by atoms with Crippen LogP contribution >= 0.6 is 0 Å². The summed E-state index contributed by atoms with van der Waals surface area (Å²) in [6.45, 7) is 11.5. The van der Waals surface area contributed by atoms with Crippen molar-refractivity contribution in [1.29, 1.82) is 0 Å². The number of rotatable bonds is 3. The average Bonchev–Trinajstić information content (AvgIpc) is 2.84. The molecule has 0 radical (unpaired) electrons. The van der Waals surface area contributed by atoms with Crippen LogP contribution < -0.4 is 0 Å². The molecule has 0 bridgehead atoms. The molecule has 2 aromatic carbocycles. The van der Waals surface area contributed by atoms with Crippen molar-refractivity contribution in [3.8, 4) is 0 Å². The highest BCUT2D eigenvalue weighted by molar-refractivity contribution is 5.47. The molecule has 3 rings (SSSR count). The van der Waals surface area contributed by atoms with Crippen LogP contribution in [0.25, 0.3) is 0 Å². The molecule has 0 saturated carbocycles. The lowest BCUT2D eigenvalue weighted by Gasteiger charge is -2.16. The summed E-state index contributed by atoms with van der Waals surface area (Å²) in [5.74, 6) is 2.46. The van der Waals surface area contributed by atoms with Crippen LogP contribution in [0.1, 0.15) is 92.5 Å². The molecule has 0 aromatic heterocycles. The maximum atomic E-state index is 2.46. The maximum Gasteiger partial charge on any atom is 0.00979 e. The molecule has 2 unspecified atom stereocenters. The van der Waals surface area contributed by atoms with Gasteiger partial charge in [0.05, 0.1) is 0 Å². The molecule has 0 amide bonds. The molecular formula is C22H28. The van der Waals surface area contributed by atoms with Gasteiger partial charge >= 0.3 is 0 Å². The summed E-state index contributed by atoms with van der Waals surface area (Å²) < 4.78 is 0. The maximum absolute atomic E-state index is 2.46. The van der Waals surface area contributed by atoms with Crippen LogP contribution in [-0.2, 0) is 0 Å². The SMILES string of the molecule is CC(C)c1ccc(C2CC(C)c3ccc(C(C)C)cc32)cc1. The van der Waals surface area contributed by atoms with Crippen molar-refractivity contribution in [2.24, 2.45) is 0 Å². The molecule has 2 aromatic rings. The predicted octanol–water partition coefficient (Wildman–Crippen LogP) is 6.57. The Morgan fingerprint density at radius 1 is 0.773 bits per heavy atom. The summed E-state index contributed by atoms with van der Waals surface area (Å²) in [5.41, 5.74) is 7.51. The Labute approximate surface area is 135 Å². The summed E-state index contributed by atoms with van der Waals surface area (Å²) in [4.78, 5) is 0. The van der Waals surface area contributed by atoms with Crippen molar-refractivity contribution in [3.63, 3.8) is 0 Å². The summed E-state index contributed by atoms with van der Waals surface area (Å²) in [6, 6.07) is 16.5. The fraction of sp³-hybridized carbons (Fsp3) is 0.455. The van der Waals surface area contributed by atoms with E-state index >= 15 is 0 Å². The average molecular weight is 292 g/mol. The number of fused-ring (bicyclic) bond motifs is 1. The van der Waals surface area contributed by atoms with Crippen molar-refractivity contribution in [2.75, 3.05) is 0 Å². The first-order chi connectivity index (χ1) is 10.5. The summed E-state index contributed by atoms with van der Waals surface area (Å²) in [7, 11) is 0. The zero-order valence-electron chi connectivity index (χ0n) is 14.6. The molecule has 0 heterocycles. The van der Waals surface area contributed by atoms with Crippen LogP contribution in [0.3, 0.4) is 0 Å². The second-order valence-electron chi connectivity index (χ2n) is 7.55. The number of benzene rings is 2. The lowest BCUT2D eigenvalue weighted by atomic mass is 9.89. The van der Waals surface area contributed by atoms with Crippen LogP contribution in [-0.4, -0.2) is 0 Å². The highest BCUT2D eigenvalue weighted by Crippen LogP contribution is 2.45. The second-order valence-corrected chi connectivity index (χ2v) is 7.55. The van der Waals surface area contributed by atoms with E-state index in [1.165, 1.54) is 23.1 Å². The van der Waals surface area contributed by atoms with Gasteiger partial charge in [0.25, 0.3) is 0 Å². The van der Waals surface area contributed by atoms with Gasteiger partial charge in [0.2, 0.25) is 0 Å². The Kier molecular flexibility index (Phi) is 4.12. The quantitative estimate of drug-likeness (QED) is 0.600. The molecule has 0 heteroatoms. The van der Waals surface area contributed by atoms with Crippen molar-refractivity contribution in [2.45, 2.75) is 64.7 Å². The van der Waals surface area contributed by atoms with Gasteiger partial charge in [-0.05, 0) is 52.0 Å². The third-order valence-corrected chi connectivity index (χ3v) is 5.28. The number of hydrogen-bond acceptors (Lipinski definition) is 0. The van der Waals surface area contributed by atoms with Crippen molar-refractivity contribution >= 4 is 0 Å². The van der Waals surface area contributed by atoms with E-state index in [4.69, 9.17) is 0 Å². The molecule has 0 saturated heterocycles. The Hall–Kier alpha value is -1.56. The van der Waals surface area contributed by atoms with E-state index in [1.54, 1.807) is 11.1 Å². The van der Waals surface area contributed by atoms with E-state index in [-0.39, 0.29) is 0 Å². The largest absolute Gasteiger partial charge is 0.0587 e. The summed E-state index contributed by atoms with van der Waals surface area (Å²) in [5, 5.41) is 0. The Morgan fingerprint density at radius 3 is 1.95 bits per heavy atom. The predicted molar refractivity (Wildman–Crippen MR) is 95.9 cm³/mol. The van der Waals surface area contributed by atoms with Crippen LogP contribution in [0.15, 0.2) is 42.5 Å².